The Morgan fingerprint density at radius 3 is 2.52 bits per heavy atom. The van der Waals surface area contributed by atoms with Crippen LogP contribution in [0.5, 0.6) is 5.75 Å². The van der Waals surface area contributed by atoms with Gasteiger partial charge in [0.15, 0.2) is 0 Å². The Bertz CT molecular complexity index is 691. The number of carbonyl (C=O) groups excluding carboxylic acids is 1. The number of piperidine rings is 1. The number of hydrogen-bond donors (Lipinski definition) is 1. The first-order valence-electron chi connectivity index (χ1n) is 8.96. The van der Waals surface area contributed by atoms with Crippen molar-refractivity contribution in [2.24, 2.45) is 5.92 Å². The van der Waals surface area contributed by atoms with E-state index in [0.29, 0.717) is 24.9 Å². The van der Waals surface area contributed by atoms with Gasteiger partial charge in [-0.1, -0.05) is 0 Å². The number of nitro benzene ring substituents is 1. The standard InChI is InChI=1S/C18H25N3O4S.ClH/c1-25-16-10-15(21(23)24)14(9-17(16)26-2)18(22)20-7-5-13(6-8-20)19-11-12-3-4-12;/h9-10,12-13,19H,3-8,11H2,1-2H3;1H. The van der Waals surface area contributed by atoms with Crippen LogP contribution in [0.15, 0.2) is 17.0 Å². The van der Waals surface area contributed by atoms with Crippen molar-refractivity contribution in [3.63, 3.8) is 0 Å². The number of nitrogens with one attached hydrogen (secondary N) is 1. The lowest BCUT2D eigenvalue weighted by atomic mass is 10.0. The Morgan fingerprint density at radius 1 is 1.33 bits per heavy atom. The van der Waals surface area contributed by atoms with E-state index in [-0.39, 0.29) is 29.6 Å². The molecule has 1 amide bonds. The van der Waals surface area contributed by atoms with Crippen LogP contribution in [0, 0.1) is 16.0 Å². The molecule has 1 aromatic rings. The fraction of sp³-hybridized carbons (Fsp3) is 0.611. The fourth-order valence-electron chi connectivity index (χ4n) is 3.30. The molecule has 1 aliphatic carbocycles. The maximum atomic E-state index is 12.9. The molecule has 7 nitrogen and oxygen atoms in total. The van der Waals surface area contributed by atoms with E-state index >= 15 is 0 Å². The van der Waals surface area contributed by atoms with Crippen LogP contribution in [0.3, 0.4) is 0 Å². The number of halogens is 1. The number of ether oxygens (including phenoxy) is 1. The van der Waals surface area contributed by atoms with Gasteiger partial charge in [-0.2, -0.15) is 0 Å². The summed E-state index contributed by atoms with van der Waals surface area (Å²) in [6.07, 6.45) is 6.27. The molecule has 0 bridgehead atoms. The zero-order valence-electron chi connectivity index (χ0n) is 15.6. The van der Waals surface area contributed by atoms with Gasteiger partial charge in [-0.3, -0.25) is 14.9 Å². The first-order chi connectivity index (χ1) is 12.5. The molecule has 1 aliphatic heterocycles. The number of thioether (sulfide) groups is 1. The van der Waals surface area contributed by atoms with Gasteiger partial charge in [0.1, 0.15) is 11.3 Å². The molecule has 150 valence electrons. The lowest BCUT2D eigenvalue weighted by Gasteiger charge is -2.32. The van der Waals surface area contributed by atoms with Crippen LogP contribution in [0.2, 0.25) is 0 Å². The molecule has 0 spiro atoms. The van der Waals surface area contributed by atoms with Gasteiger partial charge in [-0.05, 0) is 50.5 Å². The molecule has 1 saturated carbocycles. The van der Waals surface area contributed by atoms with E-state index in [4.69, 9.17) is 4.74 Å². The quantitative estimate of drug-likeness (QED) is 0.417. The van der Waals surface area contributed by atoms with Crippen LogP contribution in [0.1, 0.15) is 36.0 Å². The monoisotopic (exact) mass is 415 g/mol. The minimum Gasteiger partial charge on any atom is -0.495 e. The van der Waals surface area contributed by atoms with Crippen LogP contribution in [0.25, 0.3) is 0 Å². The van der Waals surface area contributed by atoms with Gasteiger partial charge in [-0.25, -0.2) is 0 Å². The Morgan fingerprint density at radius 2 is 2.00 bits per heavy atom. The van der Waals surface area contributed by atoms with Crippen LogP contribution < -0.4 is 10.1 Å². The normalized spacial score (nSPS) is 17.3. The summed E-state index contributed by atoms with van der Waals surface area (Å²) >= 11 is 1.41. The van der Waals surface area contributed by atoms with Crippen LogP contribution in [0.4, 0.5) is 5.69 Å². The second kappa shape index (κ2) is 9.61. The molecular weight excluding hydrogens is 390 g/mol. The van der Waals surface area contributed by atoms with Crippen molar-refractivity contribution < 1.29 is 14.5 Å². The second-order valence-electron chi connectivity index (χ2n) is 6.90. The molecule has 0 atom stereocenters. The highest BCUT2D eigenvalue weighted by Gasteiger charge is 2.30. The molecule has 0 unspecified atom stereocenters. The molecule has 0 radical (unpaired) electrons. The molecule has 3 rings (SSSR count). The zero-order chi connectivity index (χ0) is 18.7. The van der Waals surface area contributed by atoms with Crippen LogP contribution in [-0.4, -0.2) is 54.8 Å². The van der Waals surface area contributed by atoms with Crippen molar-refractivity contribution in [2.45, 2.75) is 36.6 Å². The largest absolute Gasteiger partial charge is 0.495 e. The number of rotatable bonds is 7. The van der Waals surface area contributed by atoms with Crippen molar-refractivity contribution >= 4 is 35.8 Å². The third-order valence-corrected chi connectivity index (χ3v) is 5.86. The predicted molar refractivity (Wildman–Crippen MR) is 108 cm³/mol. The summed E-state index contributed by atoms with van der Waals surface area (Å²) in [6, 6.07) is 3.37. The first kappa shape index (κ1) is 21.8. The summed E-state index contributed by atoms with van der Waals surface area (Å²) in [5, 5.41) is 15.0. The number of amides is 1. The van der Waals surface area contributed by atoms with Gasteiger partial charge in [0.2, 0.25) is 0 Å². The maximum absolute atomic E-state index is 12.9. The summed E-state index contributed by atoms with van der Waals surface area (Å²) in [7, 11) is 1.47. The molecule has 2 fully saturated rings. The third-order valence-electron chi connectivity index (χ3n) is 5.10. The molecule has 2 aliphatic rings. The minimum atomic E-state index is -0.510. The summed E-state index contributed by atoms with van der Waals surface area (Å²) < 4.78 is 5.21. The Balaban J connectivity index is 0.00000261. The molecule has 9 heteroatoms. The number of nitro groups is 1. The lowest BCUT2D eigenvalue weighted by molar-refractivity contribution is -0.385. The number of hydrogen-bond acceptors (Lipinski definition) is 6. The van der Waals surface area contributed by atoms with Gasteiger partial charge < -0.3 is 15.0 Å². The van der Waals surface area contributed by atoms with E-state index in [9.17, 15) is 14.9 Å². The van der Waals surface area contributed by atoms with Gasteiger partial charge in [0.25, 0.3) is 11.6 Å². The van der Waals surface area contributed by atoms with Crippen LogP contribution in [-0.2, 0) is 0 Å². The average molecular weight is 416 g/mol. The van der Waals surface area contributed by atoms with Crippen LogP contribution >= 0.6 is 24.2 Å². The fourth-order valence-corrected chi connectivity index (χ4v) is 3.88. The minimum absolute atomic E-state index is 0. The van der Waals surface area contributed by atoms with E-state index in [1.54, 1.807) is 11.0 Å². The van der Waals surface area contributed by atoms with Crippen molar-refractivity contribution in [3.8, 4) is 5.75 Å². The van der Waals surface area contributed by atoms with Gasteiger partial charge in [0.05, 0.1) is 23.0 Å². The third kappa shape index (κ3) is 5.27. The van der Waals surface area contributed by atoms with E-state index in [0.717, 1.165) is 30.2 Å². The molecule has 27 heavy (non-hydrogen) atoms. The van der Waals surface area contributed by atoms with Gasteiger partial charge >= 0.3 is 0 Å². The second-order valence-corrected chi connectivity index (χ2v) is 7.75. The number of methoxy groups -OCH3 is 1. The van der Waals surface area contributed by atoms with Crippen molar-refractivity contribution in [2.75, 3.05) is 33.0 Å². The van der Waals surface area contributed by atoms with E-state index in [1.807, 2.05) is 6.26 Å². The topological polar surface area (TPSA) is 84.7 Å². The Hall–Kier alpha value is -1.51. The zero-order valence-corrected chi connectivity index (χ0v) is 17.2. The number of benzene rings is 1. The number of nitrogens with zero attached hydrogens (tertiary/aromatic N) is 2. The average Bonchev–Trinajstić information content (AvgIpc) is 3.49. The number of likely N-dealkylation sites (tertiary alicyclic amines) is 1. The molecule has 1 saturated heterocycles. The van der Waals surface area contributed by atoms with Gasteiger partial charge in [0, 0.05) is 19.1 Å². The molecule has 1 heterocycles. The molecule has 1 aromatic carbocycles. The summed E-state index contributed by atoms with van der Waals surface area (Å²) in [6.45, 7) is 2.32. The maximum Gasteiger partial charge on any atom is 0.285 e. The van der Waals surface area contributed by atoms with E-state index < -0.39 is 4.92 Å². The highest BCUT2D eigenvalue weighted by Crippen LogP contribution is 2.35. The van der Waals surface area contributed by atoms with Crippen molar-refractivity contribution in [1.29, 1.82) is 0 Å². The first-order valence-corrected chi connectivity index (χ1v) is 10.2. The lowest BCUT2D eigenvalue weighted by Crippen LogP contribution is -2.45. The Kier molecular flexibility index (Phi) is 7.76. The van der Waals surface area contributed by atoms with E-state index in [2.05, 4.69) is 5.32 Å². The summed E-state index contributed by atoms with van der Waals surface area (Å²) in [5.74, 6) is 0.987. The van der Waals surface area contributed by atoms with Crippen molar-refractivity contribution in [3.05, 3.63) is 27.8 Å². The predicted octanol–water partition coefficient (Wildman–Crippen LogP) is 3.35. The number of carbonyl (C=O) groups is 1. The molecule has 1 N–H and O–H groups in total. The molecule has 0 aromatic heterocycles. The SMILES string of the molecule is COc1cc([N+](=O)[O-])c(C(=O)N2CCC(NCC3CC3)CC2)cc1SC.Cl. The summed E-state index contributed by atoms with van der Waals surface area (Å²) in [4.78, 5) is 26.3. The highest BCUT2D eigenvalue weighted by atomic mass is 35.5. The summed E-state index contributed by atoms with van der Waals surface area (Å²) in [5.41, 5.74) is -0.0526. The Labute approximate surface area is 169 Å². The van der Waals surface area contributed by atoms with E-state index in [1.165, 1.54) is 37.8 Å². The molecular formula is C18H26ClN3O4S. The highest BCUT2D eigenvalue weighted by molar-refractivity contribution is 7.98. The smallest absolute Gasteiger partial charge is 0.285 e. The van der Waals surface area contributed by atoms with Gasteiger partial charge in [-0.15, -0.1) is 24.2 Å². The van der Waals surface area contributed by atoms with Crippen molar-refractivity contribution in [1.82, 2.24) is 10.2 Å².